The van der Waals surface area contributed by atoms with Crippen molar-refractivity contribution in [3.8, 4) is 16.9 Å². The third-order valence-electron chi connectivity index (χ3n) is 5.82. The van der Waals surface area contributed by atoms with Gasteiger partial charge in [-0.25, -0.2) is 18.7 Å². The highest BCUT2D eigenvalue weighted by Crippen LogP contribution is 2.32. The Morgan fingerprint density at radius 3 is 2.33 bits per heavy atom. The highest BCUT2D eigenvalue weighted by atomic mass is 19.1. The van der Waals surface area contributed by atoms with E-state index in [4.69, 9.17) is 9.47 Å². The van der Waals surface area contributed by atoms with Crippen LogP contribution in [-0.4, -0.2) is 53.9 Å². The maximum absolute atomic E-state index is 14.3. The summed E-state index contributed by atoms with van der Waals surface area (Å²) >= 11 is 0. The number of esters is 2. The van der Waals surface area contributed by atoms with Crippen molar-refractivity contribution >= 4 is 11.9 Å². The van der Waals surface area contributed by atoms with Gasteiger partial charge in [-0.1, -0.05) is 24.6 Å². The van der Waals surface area contributed by atoms with Crippen molar-refractivity contribution in [2.24, 2.45) is 0 Å². The van der Waals surface area contributed by atoms with Crippen molar-refractivity contribution in [2.75, 3.05) is 27.3 Å². The highest BCUT2D eigenvalue weighted by Gasteiger charge is 2.32. The van der Waals surface area contributed by atoms with Crippen LogP contribution in [0, 0.1) is 5.82 Å². The standard InChI is InChI=1S/C25H26FN3O4/c1-32-24(30)21-22(27-29(23(21)25(31)33-2)19-9-5-3-6-10-19)20-12-11-18(26)15-17(20)16-28-13-7-4-8-14-28/h3,5-6,9-12,15H,4,7-8,13-14,16H2,1-2H3. The molecule has 0 atom stereocenters. The van der Waals surface area contributed by atoms with E-state index in [1.807, 2.05) is 6.07 Å². The molecule has 1 aliphatic heterocycles. The molecule has 8 heteroatoms. The van der Waals surface area contributed by atoms with Crippen LogP contribution in [0.15, 0.2) is 48.5 Å². The number of piperidine rings is 1. The lowest BCUT2D eigenvalue weighted by molar-refractivity contribution is 0.0549. The van der Waals surface area contributed by atoms with Gasteiger partial charge in [0.05, 0.1) is 19.9 Å². The number of benzene rings is 2. The Bertz CT molecular complexity index is 1150. The monoisotopic (exact) mass is 451 g/mol. The Labute approximate surface area is 191 Å². The molecule has 2 aromatic carbocycles. The summed E-state index contributed by atoms with van der Waals surface area (Å²) in [5.74, 6) is -1.82. The van der Waals surface area contributed by atoms with E-state index in [2.05, 4.69) is 10.00 Å². The smallest absolute Gasteiger partial charge is 0.357 e. The van der Waals surface area contributed by atoms with Crippen LogP contribution in [0.2, 0.25) is 0 Å². The van der Waals surface area contributed by atoms with E-state index in [0.29, 0.717) is 23.4 Å². The van der Waals surface area contributed by atoms with Gasteiger partial charge in [-0.05, 0) is 61.8 Å². The van der Waals surface area contributed by atoms with Crippen LogP contribution in [0.4, 0.5) is 4.39 Å². The van der Waals surface area contributed by atoms with Crippen molar-refractivity contribution in [3.63, 3.8) is 0 Å². The fourth-order valence-electron chi connectivity index (χ4n) is 4.23. The van der Waals surface area contributed by atoms with Gasteiger partial charge in [-0.2, -0.15) is 5.10 Å². The molecule has 0 spiro atoms. The van der Waals surface area contributed by atoms with Gasteiger partial charge in [0.2, 0.25) is 0 Å². The number of hydrogen-bond donors (Lipinski definition) is 0. The summed E-state index contributed by atoms with van der Waals surface area (Å²) in [4.78, 5) is 27.9. The molecule has 0 bridgehead atoms. The number of ether oxygens (including phenoxy) is 2. The van der Waals surface area contributed by atoms with Crippen molar-refractivity contribution < 1.29 is 23.5 Å². The topological polar surface area (TPSA) is 73.7 Å². The van der Waals surface area contributed by atoms with Gasteiger partial charge in [-0.15, -0.1) is 0 Å². The molecular formula is C25H26FN3O4. The summed E-state index contributed by atoms with van der Waals surface area (Å²) in [5.41, 5.74) is 2.03. The van der Waals surface area contributed by atoms with Crippen LogP contribution in [0.1, 0.15) is 45.7 Å². The number of halogens is 1. The van der Waals surface area contributed by atoms with Gasteiger partial charge in [-0.3, -0.25) is 4.90 Å². The quantitative estimate of drug-likeness (QED) is 0.522. The van der Waals surface area contributed by atoms with Crippen molar-refractivity contribution in [3.05, 3.63) is 71.2 Å². The zero-order chi connectivity index (χ0) is 23.4. The lowest BCUT2D eigenvalue weighted by Gasteiger charge is -2.27. The normalized spacial score (nSPS) is 14.2. The summed E-state index contributed by atoms with van der Waals surface area (Å²) in [7, 11) is 2.48. The van der Waals surface area contributed by atoms with E-state index in [1.54, 1.807) is 30.3 Å². The zero-order valence-electron chi connectivity index (χ0n) is 18.7. The number of methoxy groups -OCH3 is 2. The van der Waals surface area contributed by atoms with Gasteiger partial charge in [0, 0.05) is 12.1 Å². The zero-order valence-corrected chi connectivity index (χ0v) is 18.7. The van der Waals surface area contributed by atoms with Crippen molar-refractivity contribution in [1.82, 2.24) is 14.7 Å². The highest BCUT2D eigenvalue weighted by molar-refractivity contribution is 6.07. The lowest BCUT2D eigenvalue weighted by Crippen LogP contribution is -2.29. The maximum atomic E-state index is 14.3. The molecule has 1 fully saturated rings. The molecule has 1 saturated heterocycles. The number of likely N-dealkylation sites (tertiary alicyclic amines) is 1. The van der Waals surface area contributed by atoms with Gasteiger partial charge in [0.25, 0.3) is 0 Å². The van der Waals surface area contributed by atoms with Crippen molar-refractivity contribution in [2.45, 2.75) is 25.8 Å². The third kappa shape index (κ3) is 4.66. The molecular weight excluding hydrogens is 425 g/mol. The molecule has 1 aliphatic rings. The molecule has 33 heavy (non-hydrogen) atoms. The fraction of sp³-hybridized carbons (Fsp3) is 0.320. The average Bonchev–Trinajstić information content (AvgIpc) is 3.25. The molecule has 172 valence electrons. The molecule has 2 heterocycles. The predicted molar refractivity (Wildman–Crippen MR) is 121 cm³/mol. The molecule has 0 unspecified atom stereocenters. The Morgan fingerprint density at radius 2 is 1.67 bits per heavy atom. The molecule has 0 radical (unpaired) electrons. The summed E-state index contributed by atoms with van der Waals surface area (Å²) in [6.07, 6.45) is 3.36. The first-order chi connectivity index (χ1) is 16.0. The Kier molecular flexibility index (Phi) is 6.84. The minimum atomic E-state index is -0.724. The first kappa shape index (κ1) is 22.7. The lowest BCUT2D eigenvalue weighted by atomic mass is 9.99. The predicted octanol–water partition coefficient (Wildman–Crippen LogP) is 4.24. The number of rotatable bonds is 6. The van der Waals surface area contributed by atoms with E-state index >= 15 is 0 Å². The first-order valence-corrected chi connectivity index (χ1v) is 10.9. The fourth-order valence-corrected chi connectivity index (χ4v) is 4.23. The van der Waals surface area contributed by atoms with E-state index in [9.17, 15) is 14.0 Å². The molecule has 0 saturated carbocycles. The van der Waals surface area contributed by atoms with Gasteiger partial charge in [0.1, 0.15) is 17.1 Å². The van der Waals surface area contributed by atoms with E-state index in [1.165, 1.54) is 37.5 Å². The van der Waals surface area contributed by atoms with Gasteiger partial charge in [0.15, 0.2) is 5.69 Å². The van der Waals surface area contributed by atoms with Crippen LogP contribution in [0.5, 0.6) is 0 Å². The van der Waals surface area contributed by atoms with E-state index < -0.39 is 11.9 Å². The van der Waals surface area contributed by atoms with Crippen molar-refractivity contribution in [1.29, 1.82) is 0 Å². The number of carbonyl (C=O) groups is 2. The Morgan fingerprint density at radius 1 is 0.970 bits per heavy atom. The number of nitrogens with zero attached hydrogens (tertiary/aromatic N) is 3. The molecule has 4 rings (SSSR count). The van der Waals surface area contributed by atoms with Gasteiger partial charge >= 0.3 is 11.9 Å². The van der Waals surface area contributed by atoms with Crippen LogP contribution in [-0.2, 0) is 16.0 Å². The van der Waals surface area contributed by atoms with E-state index in [-0.39, 0.29) is 22.8 Å². The largest absolute Gasteiger partial charge is 0.465 e. The second-order valence-electron chi connectivity index (χ2n) is 7.94. The molecule has 1 aromatic heterocycles. The second-order valence-corrected chi connectivity index (χ2v) is 7.94. The van der Waals surface area contributed by atoms with Crippen LogP contribution >= 0.6 is 0 Å². The Balaban J connectivity index is 1.93. The second kappa shape index (κ2) is 9.95. The molecule has 7 nitrogen and oxygen atoms in total. The summed E-state index contributed by atoms with van der Waals surface area (Å²) < 4.78 is 25.6. The van der Waals surface area contributed by atoms with E-state index in [0.717, 1.165) is 25.9 Å². The first-order valence-electron chi connectivity index (χ1n) is 10.9. The maximum Gasteiger partial charge on any atom is 0.357 e. The minimum absolute atomic E-state index is 0.0142. The summed E-state index contributed by atoms with van der Waals surface area (Å²) in [6.45, 7) is 2.36. The SMILES string of the molecule is COC(=O)c1c(-c2ccc(F)cc2CN2CCCCC2)nn(-c2ccccc2)c1C(=O)OC. The average molecular weight is 451 g/mol. The Hall–Kier alpha value is -3.52. The minimum Gasteiger partial charge on any atom is -0.465 e. The van der Waals surface area contributed by atoms with Gasteiger partial charge < -0.3 is 9.47 Å². The van der Waals surface area contributed by atoms with Crippen LogP contribution in [0.25, 0.3) is 16.9 Å². The van der Waals surface area contributed by atoms with Crippen LogP contribution in [0.3, 0.4) is 0 Å². The molecule has 0 N–H and O–H groups in total. The number of carbonyl (C=O) groups excluding carboxylic acids is 2. The number of aromatic nitrogens is 2. The van der Waals surface area contributed by atoms with Crippen LogP contribution < -0.4 is 0 Å². The molecule has 0 aliphatic carbocycles. The molecule has 0 amide bonds. The number of para-hydroxylation sites is 1. The summed E-state index contributed by atoms with van der Waals surface area (Å²) in [5, 5.41) is 4.65. The summed E-state index contributed by atoms with van der Waals surface area (Å²) in [6, 6.07) is 13.4. The number of hydrogen-bond acceptors (Lipinski definition) is 6. The molecule has 3 aromatic rings. The third-order valence-corrected chi connectivity index (χ3v) is 5.82.